The number of hydrogen-bond acceptors (Lipinski definition) is 4. The van der Waals surface area contributed by atoms with Crippen LogP contribution in [0.15, 0.2) is 36.7 Å². The second kappa shape index (κ2) is 7.33. The molecule has 0 spiro atoms. The van der Waals surface area contributed by atoms with Crippen molar-refractivity contribution in [1.82, 2.24) is 9.78 Å². The van der Waals surface area contributed by atoms with Gasteiger partial charge in [-0.15, -0.1) is 0 Å². The molecule has 0 radical (unpaired) electrons. The van der Waals surface area contributed by atoms with Gasteiger partial charge in [-0.3, -0.25) is 9.48 Å². The van der Waals surface area contributed by atoms with Crippen molar-refractivity contribution in [2.45, 2.75) is 19.9 Å². The molecule has 0 aliphatic rings. The molecule has 0 aliphatic heterocycles. The zero-order valence-corrected chi connectivity index (χ0v) is 11.5. The number of aromatic nitrogens is 2. The summed E-state index contributed by atoms with van der Waals surface area (Å²) < 4.78 is 13.0. The molecular weight excluding hydrogens is 256 g/mol. The lowest BCUT2D eigenvalue weighted by molar-refractivity contribution is 0.111. The molecule has 1 heterocycles. The van der Waals surface area contributed by atoms with Crippen LogP contribution in [-0.4, -0.2) is 29.3 Å². The van der Waals surface area contributed by atoms with Gasteiger partial charge in [-0.1, -0.05) is 6.92 Å². The second-order valence-electron chi connectivity index (χ2n) is 4.28. The monoisotopic (exact) mass is 274 g/mol. The second-order valence-corrected chi connectivity index (χ2v) is 4.28. The molecule has 0 N–H and O–H groups in total. The molecule has 0 atom stereocenters. The smallest absolute Gasteiger partial charge is 0.153 e. The van der Waals surface area contributed by atoms with Crippen molar-refractivity contribution in [1.29, 1.82) is 0 Å². The largest absolute Gasteiger partial charge is 0.493 e. The molecule has 2 rings (SSSR count). The summed E-state index contributed by atoms with van der Waals surface area (Å²) in [6.45, 7) is 3.76. The zero-order valence-electron chi connectivity index (χ0n) is 11.5. The van der Waals surface area contributed by atoms with Gasteiger partial charge in [0.15, 0.2) is 6.29 Å². The van der Waals surface area contributed by atoms with Gasteiger partial charge < -0.3 is 9.47 Å². The predicted octanol–water partition coefficient (Wildman–Crippen LogP) is 2.56. The van der Waals surface area contributed by atoms with E-state index in [9.17, 15) is 4.79 Å². The molecule has 0 aliphatic carbocycles. The van der Waals surface area contributed by atoms with Crippen molar-refractivity contribution in [2.75, 3.05) is 13.2 Å². The van der Waals surface area contributed by atoms with Gasteiger partial charge in [0, 0.05) is 18.5 Å². The highest BCUT2D eigenvalue weighted by Crippen LogP contribution is 2.24. The maximum absolute atomic E-state index is 11.0. The summed E-state index contributed by atoms with van der Waals surface area (Å²) in [6.07, 6.45) is 5.30. The van der Waals surface area contributed by atoms with E-state index in [1.807, 2.05) is 19.2 Å². The van der Waals surface area contributed by atoms with Crippen LogP contribution in [0.2, 0.25) is 0 Å². The van der Waals surface area contributed by atoms with Gasteiger partial charge in [0.2, 0.25) is 0 Å². The van der Waals surface area contributed by atoms with Gasteiger partial charge >= 0.3 is 0 Å². The number of aldehydes is 1. The lowest BCUT2D eigenvalue weighted by Crippen LogP contribution is -2.09. The molecule has 1 aromatic heterocycles. The molecule has 0 amide bonds. The molecule has 0 saturated carbocycles. The average Bonchev–Trinajstić information content (AvgIpc) is 2.98. The van der Waals surface area contributed by atoms with Crippen LogP contribution in [0.1, 0.15) is 23.7 Å². The van der Waals surface area contributed by atoms with E-state index in [0.717, 1.165) is 12.7 Å². The third kappa shape index (κ3) is 3.85. The highest BCUT2D eigenvalue weighted by atomic mass is 16.5. The molecule has 1 aromatic carbocycles. The number of rotatable bonds is 8. The Morgan fingerprint density at radius 2 is 2.20 bits per heavy atom. The first kappa shape index (κ1) is 14.1. The third-order valence-electron chi connectivity index (χ3n) is 2.72. The molecule has 20 heavy (non-hydrogen) atoms. The first-order valence-electron chi connectivity index (χ1n) is 6.65. The summed E-state index contributed by atoms with van der Waals surface area (Å²) in [7, 11) is 0. The Labute approximate surface area is 118 Å². The van der Waals surface area contributed by atoms with E-state index in [4.69, 9.17) is 9.47 Å². The van der Waals surface area contributed by atoms with E-state index in [1.165, 1.54) is 0 Å². The van der Waals surface area contributed by atoms with Gasteiger partial charge in [-0.2, -0.15) is 5.10 Å². The Morgan fingerprint density at radius 1 is 1.30 bits per heavy atom. The first-order chi connectivity index (χ1) is 9.83. The first-order valence-corrected chi connectivity index (χ1v) is 6.65. The molecule has 106 valence electrons. The van der Waals surface area contributed by atoms with Crippen LogP contribution in [0.3, 0.4) is 0 Å². The Hall–Kier alpha value is -2.30. The van der Waals surface area contributed by atoms with Crippen molar-refractivity contribution in [2.24, 2.45) is 0 Å². The van der Waals surface area contributed by atoms with Crippen molar-refractivity contribution in [3.63, 3.8) is 0 Å². The average molecular weight is 274 g/mol. The van der Waals surface area contributed by atoms with Gasteiger partial charge in [-0.25, -0.2) is 0 Å². The van der Waals surface area contributed by atoms with Crippen LogP contribution in [0.4, 0.5) is 0 Å². The number of nitrogens with zero attached hydrogens (tertiary/aromatic N) is 2. The molecule has 0 saturated heterocycles. The van der Waals surface area contributed by atoms with Crippen LogP contribution in [-0.2, 0) is 6.54 Å². The fourth-order valence-electron chi connectivity index (χ4n) is 1.73. The Bertz CT molecular complexity index is 538. The van der Waals surface area contributed by atoms with Crippen LogP contribution in [0.5, 0.6) is 11.5 Å². The Balaban J connectivity index is 1.98. The van der Waals surface area contributed by atoms with E-state index in [2.05, 4.69) is 5.10 Å². The number of carbonyl (C=O) groups excluding carboxylic acids is 1. The number of benzene rings is 1. The van der Waals surface area contributed by atoms with E-state index in [1.54, 1.807) is 29.1 Å². The SMILES string of the molecule is CCCOc1ccc(C=O)c(OCCn2cccn2)c1. The minimum absolute atomic E-state index is 0.444. The highest BCUT2D eigenvalue weighted by molar-refractivity contribution is 5.79. The van der Waals surface area contributed by atoms with Crippen LogP contribution >= 0.6 is 0 Å². The molecule has 2 aromatic rings. The molecule has 0 fully saturated rings. The summed E-state index contributed by atoms with van der Waals surface area (Å²) in [4.78, 5) is 11.0. The van der Waals surface area contributed by atoms with Crippen molar-refractivity contribution in [3.05, 3.63) is 42.2 Å². The maximum atomic E-state index is 11.0. The highest BCUT2D eigenvalue weighted by Gasteiger charge is 2.05. The van der Waals surface area contributed by atoms with E-state index in [-0.39, 0.29) is 0 Å². The lowest BCUT2D eigenvalue weighted by atomic mass is 10.2. The predicted molar refractivity (Wildman–Crippen MR) is 75.3 cm³/mol. The molecule has 0 unspecified atom stereocenters. The number of ether oxygens (including phenoxy) is 2. The molecular formula is C15H18N2O3. The minimum atomic E-state index is 0.444. The molecule has 5 nitrogen and oxygen atoms in total. The van der Waals surface area contributed by atoms with Crippen LogP contribution in [0.25, 0.3) is 0 Å². The summed E-state index contributed by atoms with van der Waals surface area (Å²) in [5.74, 6) is 1.26. The molecule has 5 heteroatoms. The summed E-state index contributed by atoms with van der Waals surface area (Å²) in [6, 6.07) is 7.10. The van der Waals surface area contributed by atoms with Crippen LogP contribution < -0.4 is 9.47 Å². The van der Waals surface area contributed by atoms with Crippen LogP contribution in [0, 0.1) is 0 Å². The van der Waals surface area contributed by atoms with Crippen molar-refractivity contribution in [3.8, 4) is 11.5 Å². The summed E-state index contributed by atoms with van der Waals surface area (Å²) in [5.41, 5.74) is 0.523. The maximum Gasteiger partial charge on any atom is 0.153 e. The topological polar surface area (TPSA) is 53.4 Å². The third-order valence-corrected chi connectivity index (χ3v) is 2.72. The fraction of sp³-hybridized carbons (Fsp3) is 0.333. The van der Waals surface area contributed by atoms with Gasteiger partial charge in [0.25, 0.3) is 0 Å². The van der Waals surface area contributed by atoms with Gasteiger partial charge in [-0.05, 0) is 24.6 Å². The van der Waals surface area contributed by atoms with E-state index < -0.39 is 0 Å². The lowest BCUT2D eigenvalue weighted by Gasteiger charge is -2.11. The van der Waals surface area contributed by atoms with Gasteiger partial charge in [0.1, 0.15) is 18.1 Å². The molecule has 0 bridgehead atoms. The summed E-state index contributed by atoms with van der Waals surface area (Å²) in [5, 5.41) is 4.09. The number of hydrogen-bond donors (Lipinski definition) is 0. The van der Waals surface area contributed by atoms with Crippen molar-refractivity contribution >= 4 is 6.29 Å². The standard InChI is InChI=1S/C15H18N2O3/c1-2-9-19-14-5-4-13(12-18)15(11-14)20-10-8-17-7-3-6-16-17/h3-7,11-12H,2,8-10H2,1H3. The fourth-order valence-corrected chi connectivity index (χ4v) is 1.73. The van der Waals surface area contributed by atoms with E-state index in [0.29, 0.717) is 36.8 Å². The quantitative estimate of drug-likeness (QED) is 0.694. The van der Waals surface area contributed by atoms with Gasteiger partial charge in [0.05, 0.1) is 18.7 Å². The Kier molecular flexibility index (Phi) is 5.17. The zero-order chi connectivity index (χ0) is 14.2. The number of carbonyl (C=O) groups is 1. The van der Waals surface area contributed by atoms with E-state index >= 15 is 0 Å². The Morgan fingerprint density at radius 3 is 2.90 bits per heavy atom. The summed E-state index contributed by atoms with van der Waals surface area (Å²) >= 11 is 0. The minimum Gasteiger partial charge on any atom is -0.493 e. The normalized spacial score (nSPS) is 10.2. The van der Waals surface area contributed by atoms with Crippen molar-refractivity contribution < 1.29 is 14.3 Å².